The average molecular weight is 563 g/mol. The first-order chi connectivity index (χ1) is 15.7. The summed E-state index contributed by atoms with van der Waals surface area (Å²) in [6, 6.07) is 17.8. The molecule has 6 heteroatoms. The van der Waals surface area contributed by atoms with E-state index < -0.39 is 0 Å². The maximum atomic E-state index is 5.70. The van der Waals surface area contributed by atoms with Crippen LogP contribution in [0.5, 0.6) is 0 Å². The van der Waals surface area contributed by atoms with Crippen molar-refractivity contribution in [3.8, 4) is 0 Å². The molecule has 0 saturated carbocycles. The van der Waals surface area contributed by atoms with Crippen LogP contribution in [0.1, 0.15) is 47.9 Å². The number of aryl methyl sites for hydroxylation is 1. The summed E-state index contributed by atoms with van der Waals surface area (Å²) >= 11 is 0. The highest BCUT2D eigenvalue weighted by Crippen LogP contribution is 2.36. The van der Waals surface area contributed by atoms with Gasteiger partial charge in [-0.15, -0.1) is 24.0 Å². The summed E-state index contributed by atoms with van der Waals surface area (Å²) in [5.41, 5.74) is 5.54. The standard InChI is InChI=1S/C27H38N4O.HI/c1-22-7-3-4-8-25(22)27(13-17-32-18-14-27)21-30-26(28-2)29-19-23-9-11-24(12-10-23)20-31-15-5-6-16-31;/h3-4,7-12H,5-6,13-21H2,1-2H3,(H2,28,29,30);1H. The molecule has 2 aromatic carbocycles. The number of likely N-dealkylation sites (tertiary alicyclic amines) is 1. The van der Waals surface area contributed by atoms with E-state index in [0.717, 1.165) is 51.6 Å². The van der Waals surface area contributed by atoms with Crippen molar-refractivity contribution in [3.05, 3.63) is 70.8 Å². The van der Waals surface area contributed by atoms with Crippen LogP contribution in [0.2, 0.25) is 0 Å². The van der Waals surface area contributed by atoms with Gasteiger partial charge in [0.2, 0.25) is 0 Å². The molecular weight excluding hydrogens is 523 g/mol. The number of rotatable bonds is 7. The summed E-state index contributed by atoms with van der Waals surface area (Å²) in [4.78, 5) is 7.02. The molecule has 2 fully saturated rings. The molecule has 2 aliphatic heterocycles. The number of guanidine groups is 1. The van der Waals surface area contributed by atoms with Gasteiger partial charge in [0.1, 0.15) is 0 Å². The van der Waals surface area contributed by atoms with Gasteiger partial charge >= 0.3 is 0 Å². The highest BCUT2D eigenvalue weighted by Gasteiger charge is 2.35. The number of aliphatic imine (C=N–C) groups is 1. The Morgan fingerprint density at radius 2 is 1.64 bits per heavy atom. The molecule has 0 unspecified atom stereocenters. The van der Waals surface area contributed by atoms with Gasteiger partial charge in [-0.05, 0) is 68.0 Å². The maximum Gasteiger partial charge on any atom is 0.191 e. The van der Waals surface area contributed by atoms with E-state index >= 15 is 0 Å². The van der Waals surface area contributed by atoms with Crippen molar-refractivity contribution in [2.75, 3.05) is 39.9 Å². The Morgan fingerprint density at radius 1 is 0.970 bits per heavy atom. The SMILES string of the molecule is CN=C(NCc1ccc(CN2CCCC2)cc1)NCC1(c2ccccc2C)CCOCC1.I. The van der Waals surface area contributed by atoms with E-state index in [1.54, 1.807) is 0 Å². The van der Waals surface area contributed by atoms with E-state index in [2.05, 4.69) is 76.0 Å². The molecule has 0 atom stereocenters. The number of nitrogens with zero attached hydrogens (tertiary/aromatic N) is 2. The molecular formula is C27H39IN4O. The summed E-state index contributed by atoms with van der Waals surface area (Å²) in [5.74, 6) is 0.852. The predicted molar refractivity (Wildman–Crippen MR) is 147 cm³/mol. The van der Waals surface area contributed by atoms with Crippen LogP contribution in [-0.4, -0.2) is 50.8 Å². The third-order valence-corrected chi connectivity index (χ3v) is 7.07. The summed E-state index contributed by atoms with van der Waals surface area (Å²) in [7, 11) is 1.85. The van der Waals surface area contributed by atoms with Gasteiger partial charge in [0.05, 0.1) is 0 Å². The Kier molecular flexibility index (Phi) is 10.0. The molecule has 2 aliphatic rings. The minimum Gasteiger partial charge on any atom is -0.381 e. The largest absolute Gasteiger partial charge is 0.381 e. The lowest BCUT2D eigenvalue weighted by molar-refractivity contribution is 0.0512. The van der Waals surface area contributed by atoms with Gasteiger partial charge in [-0.1, -0.05) is 48.5 Å². The van der Waals surface area contributed by atoms with Crippen LogP contribution >= 0.6 is 24.0 Å². The van der Waals surface area contributed by atoms with E-state index in [4.69, 9.17) is 4.74 Å². The zero-order valence-corrected chi connectivity index (χ0v) is 22.4. The van der Waals surface area contributed by atoms with E-state index in [1.807, 2.05) is 7.05 Å². The van der Waals surface area contributed by atoms with Crippen LogP contribution in [0.15, 0.2) is 53.5 Å². The zero-order chi connectivity index (χ0) is 22.2. The van der Waals surface area contributed by atoms with E-state index in [-0.39, 0.29) is 29.4 Å². The van der Waals surface area contributed by atoms with Crippen molar-refractivity contribution in [2.45, 2.75) is 51.1 Å². The fourth-order valence-electron chi connectivity index (χ4n) is 5.09. The summed E-state index contributed by atoms with van der Waals surface area (Å²) in [5, 5.41) is 7.11. The number of hydrogen-bond acceptors (Lipinski definition) is 3. The van der Waals surface area contributed by atoms with Gasteiger partial charge in [0, 0.05) is 45.3 Å². The highest BCUT2D eigenvalue weighted by molar-refractivity contribution is 14.0. The van der Waals surface area contributed by atoms with Crippen molar-refractivity contribution in [3.63, 3.8) is 0 Å². The van der Waals surface area contributed by atoms with Crippen LogP contribution in [-0.2, 0) is 23.2 Å². The minimum absolute atomic E-state index is 0. The molecule has 0 aliphatic carbocycles. The predicted octanol–water partition coefficient (Wildman–Crippen LogP) is 4.62. The van der Waals surface area contributed by atoms with Crippen LogP contribution in [0.3, 0.4) is 0 Å². The van der Waals surface area contributed by atoms with Gasteiger partial charge in [-0.2, -0.15) is 0 Å². The second-order valence-electron chi connectivity index (χ2n) is 9.29. The molecule has 0 aromatic heterocycles. The van der Waals surface area contributed by atoms with Crippen molar-refractivity contribution in [1.82, 2.24) is 15.5 Å². The lowest BCUT2D eigenvalue weighted by atomic mass is 9.72. The Morgan fingerprint density at radius 3 is 2.30 bits per heavy atom. The Bertz CT molecular complexity index is 887. The van der Waals surface area contributed by atoms with Gasteiger partial charge in [-0.25, -0.2) is 0 Å². The van der Waals surface area contributed by atoms with Gasteiger partial charge in [0.25, 0.3) is 0 Å². The minimum atomic E-state index is 0. The average Bonchev–Trinajstić information content (AvgIpc) is 3.34. The molecule has 2 N–H and O–H groups in total. The maximum absolute atomic E-state index is 5.70. The van der Waals surface area contributed by atoms with Gasteiger partial charge < -0.3 is 15.4 Å². The molecule has 2 aromatic rings. The summed E-state index contributed by atoms with van der Waals surface area (Å²) in [6.45, 7) is 9.01. The molecule has 5 nitrogen and oxygen atoms in total. The van der Waals surface area contributed by atoms with Crippen LogP contribution < -0.4 is 10.6 Å². The van der Waals surface area contributed by atoms with Crippen LogP contribution in [0.4, 0.5) is 0 Å². The molecule has 33 heavy (non-hydrogen) atoms. The smallest absolute Gasteiger partial charge is 0.191 e. The number of ether oxygens (including phenoxy) is 1. The Balaban J connectivity index is 0.00000306. The van der Waals surface area contributed by atoms with Crippen molar-refractivity contribution in [1.29, 1.82) is 0 Å². The van der Waals surface area contributed by atoms with E-state index in [9.17, 15) is 0 Å². The second kappa shape index (κ2) is 12.7. The lowest BCUT2D eigenvalue weighted by Crippen LogP contribution is -2.48. The number of halogens is 1. The monoisotopic (exact) mass is 562 g/mol. The zero-order valence-electron chi connectivity index (χ0n) is 20.1. The molecule has 180 valence electrons. The first kappa shape index (κ1) is 26.0. The third kappa shape index (κ3) is 6.93. The quantitative estimate of drug-likeness (QED) is 0.294. The lowest BCUT2D eigenvalue weighted by Gasteiger charge is -2.39. The third-order valence-electron chi connectivity index (χ3n) is 7.07. The molecule has 0 amide bonds. The summed E-state index contributed by atoms with van der Waals surface area (Å²) < 4.78 is 5.70. The number of hydrogen-bond donors (Lipinski definition) is 2. The highest BCUT2D eigenvalue weighted by atomic mass is 127. The van der Waals surface area contributed by atoms with E-state index in [0.29, 0.717) is 0 Å². The fourth-order valence-corrected chi connectivity index (χ4v) is 5.09. The Hall–Kier alpha value is -1.64. The van der Waals surface area contributed by atoms with E-state index in [1.165, 1.54) is 48.2 Å². The topological polar surface area (TPSA) is 48.9 Å². The van der Waals surface area contributed by atoms with Crippen molar-refractivity contribution < 1.29 is 4.74 Å². The van der Waals surface area contributed by atoms with Gasteiger partial charge in [0.15, 0.2) is 5.96 Å². The number of nitrogens with one attached hydrogen (secondary N) is 2. The molecule has 0 radical (unpaired) electrons. The fraction of sp³-hybridized carbons (Fsp3) is 0.519. The first-order valence-corrected chi connectivity index (χ1v) is 12.1. The molecule has 2 saturated heterocycles. The van der Waals surface area contributed by atoms with Crippen molar-refractivity contribution in [2.24, 2.45) is 4.99 Å². The van der Waals surface area contributed by atoms with Crippen LogP contribution in [0, 0.1) is 6.92 Å². The molecule has 0 spiro atoms. The molecule has 0 bridgehead atoms. The second-order valence-corrected chi connectivity index (χ2v) is 9.29. The Labute approximate surface area is 216 Å². The van der Waals surface area contributed by atoms with Gasteiger partial charge in [-0.3, -0.25) is 9.89 Å². The number of benzene rings is 2. The summed E-state index contributed by atoms with van der Waals surface area (Å²) in [6.07, 6.45) is 4.74. The molecule has 2 heterocycles. The van der Waals surface area contributed by atoms with Crippen molar-refractivity contribution >= 4 is 29.9 Å². The first-order valence-electron chi connectivity index (χ1n) is 12.1. The normalized spacial score (nSPS) is 18.5. The van der Waals surface area contributed by atoms with Crippen LogP contribution in [0.25, 0.3) is 0 Å². The molecule has 4 rings (SSSR count).